The number of aliphatic carboxylic acids is 1. The summed E-state index contributed by atoms with van der Waals surface area (Å²) in [5, 5.41) is 65.0. The number of rotatable bonds is 10. The van der Waals surface area contributed by atoms with E-state index in [1.165, 1.54) is 61.8 Å². The van der Waals surface area contributed by atoms with Gasteiger partial charge >= 0.3 is 5.97 Å². The van der Waals surface area contributed by atoms with E-state index >= 15 is 4.79 Å². The fourth-order valence-electron chi connectivity index (χ4n) is 11.1. The van der Waals surface area contributed by atoms with Crippen LogP contribution in [-0.4, -0.2) is 126 Å². The summed E-state index contributed by atoms with van der Waals surface area (Å²) in [6, 6.07) is 11.6. The quantitative estimate of drug-likeness (QED) is 0.0476. The van der Waals surface area contributed by atoms with Gasteiger partial charge in [0.2, 0.25) is 11.8 Å². The SMILES string of the molecule is Cc1sc2nc1C(=O)N[C@@H]([C@H](O)c1ccccc1)c1nc(cs1)C(=O)N[C@@H](Cc1ccc(O)c(N)c1)C(=O)N1C[C@H](O)[C@H](C)[C@H]1c1nc(cs1)-c1nc(cs1)-c1nc(-c3nc(C(=O)NC4CCC(C(=O)O)CC4)cs3)ccc1-c1nc(cs1)C(=O)N[C@H]2CC(N)=O. The van der Waals surface area contributed by atoms with Gasteiger partial charge in [0.25, 0.3) is 23.6 Å². The van der Waals surface area contributed by atoms with Crippen molar-refractivity contribution >= 4 is 115 Å². The molecule has 7 atom stereocenters. The molecule has 2 fully saturated rings. The largest absolute Gasteiger partial charge is 0.506 e. The van der Waals surface area contributed by atoms with Crippen LogP contribution in [0.3, 0.4) is 0 Å². The Morgan fingerprint density at radius 2 is 1.36 bits per heavy atom. The van der Waals surface area contributed by atoms with Gasteiger partial charge in [-0.3, -0.25) is 33.6 Å². The molecule has 9 aromatic rings. The van der Waals surface area contributed by atoms with Gasteiger partial charge in [-0.1, -0.05) is 43.3 Å². The molecule has 7 aromatic heterocycles. The van der Waals surface area contributed by atoms with E-state index in [1.54, 1.807) is 78.5 Å². The van der Waals surface area contributed by atoms with Gasteiger partial charge in [0.1, 0.15) is 93.8 Å². The fraction of sp³-hybridized carbons (Fsp3) is 0.300. The normalized spacial score (nSPS) is 21.6. The minimum atomic E-state index is -1.43. The van der Waals surface area contributed by atoms with E-state index in [2.05, 4.69) is 36.2 Å². The van der Waals surface area contributed by atoms with Crippen LogP contribution >= 0.6 is 68.0 Å². The second kappa shape index (κ2) is 26.2. The Balaban J connectivity index is 0.934. The number of aryl methyl sites for hydroxylation is 1. The highest BCUT2D eigenvalue weighted by atomic mass is 32.1. The van der Waals surface area contributed by atoms with Crippen molar-refractivity contribution in [1.29, 1.82) is 0 Å². The molecule has 0 spiro atoms. The highest BCUT2D eigenvalue weighted by Gasteiger charge is 2.46. The second-order valence-corrected chi connectivity index (χ2v) is 27.7. The predicted molar refractivity (Wildman–Crippen MR) is 341 cm³/mol. The fourth-order valence-corrected chi connectivity index (χ4v) is 16.5. The minimum absolute atomic E-state index is 0.0370. The van der Waals surface area contributed by atoms with Crippen LogP contribution in [0.1, 0.15) is 136 Å². The van der Waals surface area contributed by atoms with Crippen molar-refractivity contribution < 1.29 is 54.0 Å². The van der Waals surface area contributed by atoms with E-state index in [-0.39, 0.29) is 63.2 Å². The van der Waals surface area contributed by atoms with E-state index < -0.39 is 96.0 Å². The Kier molecular flexibility index (Phi) is 17.9. The van der Waals surface area contributed by atoms with E-state index in [4.69, 9.17) is 31.4 Å². The average Bonchev–Trinajstić information content (AvgIpc) is 1.70. The number of carboxylic acid groups (broad SMARTS) is 1. The maximum atomic E-state index is 15.3. The summed E-state index contributed by atoms with van der Waals surface area (Å²) in [5.41, 5.74) is 14.7. The van der Waals surface area contributed by atoms with Crippen LogP contribution < -0.4 is 32.7 Å². The number of phenols is 1. The summed E-state index contributed by atoms with van der Waals surface area (Å²) in [6.45, 7) is 3.30. The van der Waals surface area contributed by atoms with Gasteiger partial charge in [-0.15, -0.1) is 68.0 Å². The molecule has 12 N–H and O–H groups in total. The van der Waals surface area contributed by atoms with Crippen molar-refractivity contribution in [2.45, 2.75) is 94.8 Å². The molecule has 12 rings (SSSR count). The Morgan fingerprint density at radius 1 is 0.703 bits per heavy atom. The lowest BCUT2D eigenvalue weighted by molar-refractivity contribution is -0.143. The van der Waals surface area contributed by atoms with E-state index in [0.29, 0.717) is 90.1 Å². The maximum Gasteiger partial charge on any atom is 0.306 e. The van der Waals surface area contributed by atoms with Gasteiger partial charge in [0.15, 0.2) is 0 Å². The molecule has 6 amide bonds. The van der Waals surface area contributed by atoms with Crippen LogP contribution in [0.2, 0.25) is 0 Å². The first kappa shape index (κ1) is 62.4. The molecule has 91 heavy (non-hydrogen) atoms. The first-order chi connectivity index (χ1) is 43.7. The molecule has 1 saturated heterocycles. The van der Waals surface area contributed by atoms with Crippen molar-refractivity contribution in [3.8, 4) is 49.1 Å². The Morgan fingerprint density at radius 3 is 2.11 bits per heavy atom. The number of primary amides is 1. The summed E-state index contributed by atoms with van der Waals surface area (Å²) in [4.78, 5) is 132. The number of nitrogens with zero attached hydrogens (tertiary/aromatic N) is 8. The molecule has 468 valence electrons. The van der Waals surface area contributed by atoms with Gasteiger partial charge in [-0.2, -0.15) is 0 Å². The number of nitrogens with one attached hydrogen (secondary N) is 4. The lowest BCUT2D eigenvalue weighted by Crippen LogP contribution is -2.50. The Bertz CT molecular complexity index is 4290. The van der Waals surface area contributed by atoms with Crippen molar-refractivity contribution in [1.82, 2.24) is 61.1 Å². The number of aromatic nitrogens is 7. The highest BCUT2D eigenvalue weighted by Crippen LogP contribution is 2.43. The summed E-state index contributed by atoms with van der Waals surface area (Å²) < 4.78 is 0. The zero-order chi connectivity index (χ0) is 63.9. The van der Waals surface area contributed by atoms with Crippen molar-refractivity contribution in [3.63, 3.8) is 0 Å². The third-order valence-corrected chi connectivity index (χ3v) is 21.5. The Labute approximate surface area is 541 Å². The number of phenolic OH excluding ortho intramolecular Hbond substituents is 1. The standard InChI is InChI=1S/C60H56N14O11S6/c1-25-42(76)19-74-47(25)58-71-40(24-90-58)55-67-36(20-87-55)45-31(13-14-33(64-45)54-69-37(22-88-54)49(79)63-30-11-9-29(10-12-30)60(84)85)53-68-38(21-86-53)50(80)65-34(18-43(62)77)56-73-44(26(2)91-56)52(82)72-46(48(78)28-6-4-3-5-7-28)57-70-39(23-89-57)51(81)66-35(59(74)83)17-27-8-15-41(75)32(61)16-27/h3-8,13-16,20-25,29-30,34-35,42,46-48,75-76,78H,9-12,17-19,61H2,1-2H3,(H2,62,77)(H,63,79)(H,65,80)(H,66,81)(H,72,82)(H,84,85)/t25-,29?,30?,34-,35-,42-,46-,47-,48+/m0/s1. The molecule has 10 bridgehead atoms. The zero-order valence-electron chi connectivity index (χ0n) is 48.1. The summed E-state index contributed by atoms with van der Waals surface area (Å²) >= 11 is 6.84. The van der Waals surface area contributed by atoms with Crippen LogP contribution in [-0.2, 0) is 20.8 Å². The van der Waals surface area contributed by atoms with E-state index in [0.717, 1.165) is 34.0 Å². The number of aromatic hydroxyl groups is 1. The highest BCUT2D eigenvalue weighted by molar-refractivity contribution is 7.15. The third-order valence-electron chi connectivity index (χ3n) is 16.0. The third kappa shape index (κ3) is 13.2. The zero-order valence-corrected chi connectivity index (χ0v) is 53.0. The first-order valence-electron chi connectivity index (χ1n) is 28.5. The summed E-state index contributed by atoms with van der Waals surface area (Å²) in [6.07, 6.45) is -1.03. The number of fused-ring (bicyclic) bond motifs is 16. The molecule has 25 nitrogen and oxygen atoms in total. The number of anilines is 1. The second-order valence-electron chi connectivity index (χ2n) is 22.2. The number of nitrogens with two attached hydrogens (primary N) is 2. The van der Waals surface area contributed by atoms with E-state index in [9.17, 15) is 49.2 Å². The number of benzene rings is 2. The van der Waals surface area contributed by atoms with Crippen LogP contribution in [0, 0.1) is 18.8 Å². The molecule has 2 aliphatic heterocycles. The van der Waals surface area contributed by atoms with Crippen LogP contribution in [0.4, 0.5) is 5.69 Å². The van der Waals surface area contributed by atoms with Crippen LogP contribution in [0.5, 0.6) is 5.75 Å². The molecular weight excluding hydrogens is 1290 g/mol. The molecule has 0 radical (unpaired) electrons. The molecular formula is C60H56N14O11S6. The van der Waals surface area contributed by atoms with Crippen molar-refractivity contribution in [2.75, 3.05) is 12.3 Å². The van der Waals surface area contributed by atoms with Crippen molar-refractivity contribution in [2.24, 2.45) is 17.6 Å². The van der Waals surface area contributed by atoms with Gasteiger partial charge in [-0.25, -0.2) is 34.9 Å². The predicted octanol–water partition coefficient (Wildman–Crippen LogP) is 7.24. The summed E-state index contributed by atoms with van der Waals surface area (Å²) in [7, 11) is 0. The Hall–Kier alpha value is -8.82. The number of thiazole rings is 6. The molecule has 31 heteroatoms. The number of carbonyl (C=O) groups excluding carboxylic acids is 6. The smallest absolute Gasteiger partial charge is 0.306 e. The number of aliphatic hydroxyl groups is 2. The van der Waals surface area contributed by atoms with Crippen LogP contribution in [0.15, 0.2) is 87.6 Å². The molecule has 1 saturated carbocycles. The summed E-state index contributed by atoms with van der Waals surface area (Å²) in [5.74, 6) is -6.04. The average molecular weight is 1340 g/mol. The number of pyridine rings is 1. The molecule has 3 aliphatic rings. The lowest BCUT2D eigenvalue weighted by Gasteiger charge is -2.29. The molecule has 1 aliphatic carbocycles. The molecule has 0 unspecified atom stereocenters. The lowest BCUT2D eigenvalue weighted by atomic mass is 9.86. The molecule has 9 heterocycles. The minimum Gasteiger partial charge on any atom is -0.506 e. The van der Waals surface area contributed by atoms with Gasteiger partial charge in [0.05, 0.1) is 41.9 Å². The first-order valence-corrected chi connectivity index (χ1v) is 33.8. The molecule has 2 aromatic carbocycles. The maximum absolute atomic E-state index is 15.3. The number of hydrogen-bond acceptors (Lipinski definition) is 24. The number of carbonyl (C=O) groups is 7. The van der Waals surface area contributed by atoms with Crippen molar-refractivity contribution in [3.05, 3.63) is 141 Å². The number of hydrogen-bond donors (Lipinski definition) is 10. The number of carboxylic acids is 1. The monoisotopic (exact) mass is 1340 g/mol. The van der Waals surface area contributed by atoms with E-state index in [1.807, 2.05) is 0 Å². The van der Waals surface area contributed by atoms with Gasteiger partial charge < -0.3 is 58.1 Å². The van der Waals surface area contributed by atoms with Crippen LogP contribution in [0.25, 0.3) is 43.4 Å². The number of amides is 6. The van der Waals surface area contributed by atoms with Gasteiger partial charge in [0, 0.05) is 62.3 Å². The van der Waals surface area contributed by atoms with Gasteiger partial charge in [-0.05, 0) is 68.0 Å². The number of aliphatic hydroxyl groups excluding tert-OH is 2. The topological polar surface area (TPSA) is 394 Å². The number of nitrogen functional groups attached to an aromatic ring is 1.